The van der Waals surface area contributed by atoms with Crippen LogP contribution in [0.1, 0.15) is 12.5 Å². The monoisotopic (exact) mass is 275 g/mol. The summed E-state index contributed by atoms with van der Waals surface area (Å²) in [5.74, 6) is -1.11. The second kappa shape index (κ2) is 4.44. The van der Waals surface area contributed by atoms with E-state index in [1.165, 1.54) is 6.07 Å². The maximum atomic E-state index is 14.2. The summed E-state index contributed by atoms with van der Waals surface area (Å²) in [5.41, 5.74) is 2.80. The Morgan fingerprint density at radius 1 is 1.20 bits per heavy atom. The van der Waals surface area contributed by atoms with Crippen LogP contribution in [0.3, 0.4) is 0 Å². The van der Waals surface area contributed by atoms with Crippen molar-refractivity contribution in [3.63, 3.8) is 0 Å². The van der Waals surface area contributed by atoms with Crippen LogP contribution in [0.25, 0.3) is 0 Å². The standard InChI is InChI=1S/C15H15F2N3/c1-9-6-11(16)7-12(17)15(9)20-10(2)19(3)14-8-18-5-4-13(14)20/h4-8,10H,1-3H3/t10-/m0/s1. The molecule has 1 aliphatic rings. The molecule has 0 spiro atoms. The fourth-order valence-electron chi connectivity index (χ4n) is 2.74. The van der Waals surface area contributed by atoms with Crippen molar-refractivity contribution >= 4 is 17.1 Å². The summed E-state index contributed by atoms with van der Waals surface area (Å²) in [7, 11) is 1.93. The molecule has 0 N–H and O–H groups in total. The fourth-order valence-corrected chi connectivity index (χ4v) is 2.74. The Bertz CT molecular complexity index is 649. The lowest BCUT2D eigenvalue weighted by Gasteiger charge is -2.29. The van der Waals surface area contributed by atoms with Crippen LogP contribution in [-0.4, -0.2) is 18.2 Å². The van der Waals surface area contributed by atoms with Crippen LogP contribution in [0.4, 0.5) is 25.8 Å². The predicted octanol–water partition coefficient (Wildman–Crippen LogP) is 3.60. The summed E-state index contributed by atoms with van der Waals surface area (Å²) in [5, 5.41) is 0. The molecule has 0 saturated heterocycles. The lowest BCUT2D eigenvalue weighted by molar-refractivity contribution is 0.576. The average molecular weight is 275 g/mol. The van der Waals surface area contributed by atoms with E-state index in [0.717, 1.165) is 17.4 Å². The van der Waals surface area contributed by atoms with Gasteiger partial charge in [0, 0.05) is 19.3 Å². The summed E-state index contributed by atoms with van der Waals surface area (Å²) in [6.45, 7) is 3.69. The molecule has 0 fully saturated rings. The van der Waals surface area contributed by atoms with Gasteiger partial charge in [-0.25, -0.2) is 8.78 Å². The zero-order valence-electron chi connectivity index (χ0n) is 11.6. The maximum Gasteiger partial charge on any atom is 0.150 e. The Morgan fingerprint density at radius 3 is 2.65 bits per heavy atom. The van der Waals surface area contributed by atoms with E-state index in [-0.39, 0.29) is 6.17 Å². The molecule has 20 heavy (non-hydrogen) atoms. The minimum Gasteiger partial charge on any atom is -0.351 e. The average Bonchev–Trinajstić information content (AvgIpc) is 2.64. The Balaban J connectivity index is 2.21. The number of hydrogen-bond acceptors (Lipinski definition) is 3. The first-order valence-electron chi connectivity index (χ1n) is 6.42. The van der Waals surface area contributed by atoms with Crippen molar-refractivity contribution in [3.8, 4) is 0 Å². The summed E-state index contributed by atoms with van der Waals surface area (Å²) in [4.78, 5) is 8.00. The Labute approximate surface area is 116 Å². The lowest BCUT2D eigenvalue weighted by Crippen LogP contribution is -2.36. The first kappa shape index (κ1) is 12.8. The van der Waals surface area contributed by atoms with E-state index < -0.39 is 11.6 Å². The van der Waals surface area contributed by atoms with Gasteiger partial charge in [-0.15, -0.1) is 0 Å². The van der Waals surface area contributed by atoms with E-state index in [1.807, 2.05) is 29.8 Å². The number of rotatable bonds is 1. The van der Waals surface area contributed by atoms with Crippen molar-refractivity contribution in [1.82, 2.24) is 4.98 Å². The molecule has 1 aromatic carbocycles. The van der Waals surface area contributed by atoms with Crippen LogP contribution in [0.5, 0.6) is 0 Å². The van der Waals surface area contributed by atoms with Gasteiger partial charge in [-0.3, -0.25) is 4.98 Å². The highest BCUT2D eigenvalue weighted by Crippen LogP contribution is 2.44. The van der Waals surface area contributed by atoms with E-state index in [9.17, 15) is 8.78 Å². The number of benzene rings is 1. The summed E-state index contributed by atoms with van der Waals surface area (Å²) in [6, 6.07) is 4.12. The van der Waals surface area contributed by atoms with Gasteiger partial charge < -0.3 is 9.80 Å². The molecule has 0 saturated carbocycles. The van der Waals surface area contributed by atoms with Crippen LogP contribution in [-0.2, 0) is 0 Å². The molecule has 1 atom stereocenters. The zero-order chi connectivity index (χ0) is 14.4. The minimum atomic E-state index is -0.557. The van der Waals surface area contributed by atoms with Gasteiger partial charge in [-0.05, 0) is 31.5 Å². The van der Waals surface area contributed by atoms with Gasteiger partial charge in [0.25, 0.3) is 0 Å². The number of fused-ring (bicyclic) bond motifs is 1. The SMILES string of the molecule is Cc1cc(F)cc(F)c1N1c2ccncc2N(C)[C@@H]1C. The fraction of sp³-hybridized carbons (Fsp3) is 0.267. The molecule has 1 aliphatic heterocycles. The third-order valence-electron chi connectivity index (χ3n) is 3.81. The molecule has 0 unspecified atom stereocenters. The van der Waals surface area contributed by atoms with Crippen LogP contribution >= 0.6 is 0 Å². The zero-order valence-corrected chi connectivity index (χ0v) is 11.6. The molecule has 0 radical (unpaired) electrons. The number of anilines is 3. The molecule has 104 valence electrons. The Morgan fingerprint density at radius 2 is 1.95 bits per heavy atom. The molecule has 2 aromatic rings. The van der Waals surface area contributed by atoms with Crippen LogP contribution in [0, 0.1) is 18.6 Å². The molecule has 0 bridgehead atoms. The van der Waals surface area contributed by atoms with E-state index >= 15 is 0 Å². The quantitative estimate of drug-likeness (QED) is 0.792. The topological polar surface area (TPSA) is 19.4 Å². The van der Waals surface area contributed by atoms with Crippen molar-refractivity contribution in [2.24, 2.45) is 0 Å². The van der Waals surface area contributed by atoms with Crippen molar-refractivity contribution in [2.45, 2.75) is 20.0 Å². The van der Waals surface area contributed by atoms with Gasteiger partial charge in [-0.2, -0.15) is 0 Å². The Hall–Kier alpha value is -2.17. The molecule has 5 heteroatoms. The van der Waals surface area contributed by atoms with Gasteiger partial charge in [-0.1, -0.05) is 0 Å². The van der Waals surface area contributed by atoms with E-state index in [2.05, 4.69) is 4.98 Å². The van der Waals surface area contributed by atoms with Crippen molar-refractivity contribution < 1.29 is 8.78 Å². The van der Waals surface area contributed by atoms with Gasteiger partial charge in [0.2, 0.25) is 0 Å². The van der Waals surface area contributed by atoms with Crippen molar-refractivity contribution in [3.05, 3.63) is 47.8 Å². The lowest BCUT2D eigenvalue weighted by atomic mass is 10.1. The third kappa shape index (κ3) is 1.73. The van der Waals surface area contributed by atoms with E-state index in [4.69, 9.17) is 0 Å². The highest BCUT2D eigenvalue weighted by molar-refractivity contribution is 5.83. The third-order valence-corrected chi connectivity index (χ3v) is 3.81. The first-order valence-corrected chi connectivity index (χ1v) is 6.42. The molecular formula is C15H15F2N3. The summed E-state index contributed by atoms with van der Waals surface area (Å²) < 4.78 is 27.5. The maximum absolute atomic E-state index is 14.2. The molecule has 3 rings (SSSR count). The van der Waals surface area contributed by atoms with Crippen molar-refractivity contribution in [2.75, 3.05) is 16.8 Å². The highest BCUT2D eigenvalue weighted by atomic mass is 19.1. The number of aryl methyl sites for hydroxylation is 1. The normalized spacial score (nSPS) is 17.6. The number of halogens is 2. The van der Waals surface area contributed by atoms with Gasteiger partial charge >= 0.3 is 0 Å². The molecular weight excluding hydrogens is 260 g/mol. The highest BCUT2D eigenvalue weighted by Gasteiger charge is 2.33. The molecule has 3 nitrogen and oxygen atoms in total. The summed E-state index contributed by atoms with van der Waals surface area (Å²) in [6.07, 6.45) is 3.37. The number of pyridine rings is 1. The van der Waals surface area contributed by atoms with Gasteiger partial charge in [0.15, 0.2) is 0 Å². The van der Waals surface area contributed by atoms with Gasteiger partial charge in [0.05, 0.1) is 23.3 Å². The predicted molar refractivity (Wildman–Crippen MR) is 75.3 cm³/mol. The number of nitrogens with zero attached hydrogens (tertiary/aromatic N) is 3. The second-order valence-corrected chi connectivity index (χ2v) is 5.03. The van der Waals surface area contributed by atoms with E-state index in [0.29, 0.717) is 11.3 Å². The molecule has 0 aliphatic carbocycles. The Kier molecular flexibility index (Phi) is 2.85. The molecule has 1 aromatic heterocycles. The minimum absolute atomic E-state index is 0.0622. The molecule has 2 heterocycles. The van der Waals surface area contributed by atoms with Crippen LogP contribution in [0.2, 0.25) is 0 Å². The first-order chi connectivity index (χ1) is 9.50. The van der Waals surface area contributed by atoms with Crippen LogP contribution < -0.4 is 9.80 Å². The summed E-state index contributed by atoms with van der Waals surface area (Å²) >= 11 is 0. The second-order valence-electron chi connectivity index (χ2n) is 5.03. The van der Waals surface area contributed by atoms with Gasteiger partial charge in [0.1, 0.15) is 17.8 Å². The van der Waals surface area contributed by atoms with E-state index in [1.54, 1.807) is 19.3 Å². The number of hydrogen-bond donors (Lipinski definition) is 0. The van der Waals surface area contributed by atoms with Crippen molar-refractivity contribution in [1.29, 1.82) is 0 Å². The number of aromatic nitrogens is 1. The van der Waals surface area contributed by atoms with Crippen LogP contribution in [0.15, 0.2) is 30.6 Å². The molecule has 0 amide bonds. The smallest absolute Gasteiger partial charge is 0.150 e. The largest absolute Gasteiger partial charge is 0.351 e.